The third kappa shape index (κ3) is 0.906. The number of benzene rings is 1. The maximum atomic E-state index is 13.0. The van der Waals surface area contributed by atoms with Gasteiger partial charge in [-0.1, -0.05) is 6.07 Å². The quantitative estimate of drug-likeness (QED) is 0.625. The van der Waals surface area contributed by atoms with E-state index >= 15 is 0 Å². The minimum absolute atomic E-state index is 0.213. The Labute approximate surface area is 67.7 Å². The van der Waals surface area contributed by atoms with Crippen molar-refractivity contribution < 1.29 is 4.39 Å². The molecule has 1 heterocycles. The highest BCUT2D eigenvalue weighted by atomic mass is 19.1. The van der Waals surface area contributed by atoms with E-state index in [-0.39, 0.29) is 10.9 Å². The Bertz CT molecular complexity index is 475. The van der Waals surface area contributed by atoms with E-state index in [1.807, 2.05) is 0 Å². The molecule has 0 fully saturated rings. The summed E-state index contributed by atoms with van der Waals surface area (Å²) in [6.07, 6.45) is 2.47. The number of para-hydroxylation sites is 1. The van der Waals surface area contributed by atoms with Gasteiger partial charge in [-0.25, -0.2) is 4.39 Å². The summed E-state index contributed by atoms with van der Waals surface area (Å²) in [5.74, 6) is -0.429. The topological polar surface area (TPSA) is 32.9 Å². The van der Waals surface area contributed by atoms with Crippen LogP contribution in [0.4, 0.5) is 4.39 Å². The Kier molecular flexibility index (Phi) is 1.43. The van der Waals surface area contributed by atoms with Crippen molar-refractivity contribution in [3.63, 3.8) is 0 Å². The van der Waals surface area contributed by atoms with Crippen molar-refractivity contribution in [2.45, 2.75) is 0 Å². The summed E-state index contributed by atoms with van der Waals surface area (Å²) >= 11 is 0. The number of rotatable bonds is 0. The summed E-state index contributed by atoms with van der Waals surface area (Å²) in [4.78, 5) is 13.7. The van der Waals surface area contributed by atoms with Crippen LogP contribution in [0.2, 0.25) is 0 Å². The molecule has 0 aliphatic rings. The molecule has 1 aromatic heterocycles. The SMILES string of the molecule is O=c1c[c][nH]c2c(F)cccc12. The summed E-state index contributed by atoms with van der Waals surface area (Å²) in [5.41, 5.74) is -0.00625. The molecule has 2 rings (SSSR count). The Morgan fingerprint density at radius 3 is 3.00 bits per heavy atom. The number of pyridine rings is 1. The van der Waals surface area contributed by atoms with Gasteiger partial charge in [-0.3, -0.25) is 4.79 Å². The summed E-state index contributed by atoms with van der Waals surface area (Å²) in [5, 5.41) is 0.355. The molecule has 1 radical (unpaired) electrons. The average molecular weight is 162 g/mol. The van der Waals surface area contributed by atoms with E-state index in [1.165, 1.54) is 18.2 Å². The normalized spacial score (nSPS) is 10.4. The second-order valence-electron chi connectivity index (χ2n) is 2.44. The van der Waals surface area contributed by atoms with Crippen LogP contribution < -0.4 is 5.43 Å². The van der Waals surface area contributed by atoms with Crippen LogP contribution in [0.1, 0.15) is 0 Å². The number of hydrogen-bond donors (Lipinski definition) is 1. The standard InChI is InChI=1S/C9H5FNO/c10-7-3-1-2-6-8(12)4-5-11-9(6)7/h1-4H,(H,11,12). The highest BCUT2D eigenvalue weighted by Crippen LogP contribution is 2.09. The first-order valence-electron chi connectivity index (χ1n) is 3.46. The second kappa shape index (κ2) is 2.44. The highest BCUT2D eigenvalue weighted by molar-refractivity contribution is 5.78. The fourth-order valence-corrected chi connectivity index (χ4v) is 1.11. The molecule has 0 saturated carbocycles. The first-order chi connectivity index (χ1) is 5.79. The third-order valence-electron chi connectivity index (χ3n) is 1.68. The van der Waals surface area contributed by atoms with Crippen molar-refractivity contribution in [3.8, 4) is 0 Å². The molecule has 12 heavy (non-hydrogen) atoms. The van der Waals surface area contributed by atoms with Gasteiger partial charge in [0.2, 0.25) is 0 Å². The molecule has 0 aliphatic heterocycles. The van der Waals surface area contributed by atoms with Gasteiger partial charge < -0.3 is 4.98 Å². The fourth-order valence-electron chi connectivity index (χ4n) is 1.11. The Morgan fingerprint density at radius 2 is 2.25 bits per heavy atom. The molecule has 0 amide bonds. The third-order valence-corrected chi connectivity index (χ3v) is 1.68. The Hall–Kier alpha value is -1.64. The van der Waals surface area contributed by atoms with E-state index in [1.54, 1.807) is 6.07 Å². The van der Waals surface area contributed by atoms with Crippen molar-refractivity contribution >= 4 is 10.9 Å². The van der Waals surface area contributed by atoms with Crippen LogP contribution in [0.25, 0.3) is 10.9 Å². The van der Waals surface area contributed by atoms with Gasteiger partial charge in [-0.15, -0.1) is 0 Å². The van der Waals surface area contributed by atoms with Crippen molar-refractivity contribution in [1.82, 2.24) is 4.98 Å². The predicted octanol–water partition coefficient (Wildman–Crippen LogP) is 1.47. The fraction of sp³-hybridized carbons (Fsp3) is 0. The van der Waals surface area contributed by atoms with Crippen LogP contribution in [0.5, 0.6) is 0 Å². The number of hydrogen-bond acceptors (Lipinski definition) is 1. The molecule has 1 N–H and O–H groups in total. The molecule has 0 spiro atoms. The number of aromatic nitrogens is 1. The van der Waals surface area contributed by atoms with Crippen molar-refractivity contribution in [2.24, 2.45) is 0 Å². The number of H-pyrrole nitrogens is 1. The number of aromatic amines is 1. The van der Waals surface area contributed by atoms with Crippen LogP contribution in [-0.4, -0.2) is 4.98 Å². The largest absolute Gasteiger partial charge is 0.351 e. The predicted molar refractivity (Wildman–Crippen MR) is 43.4 cm³/mol. The second-order valence-corrected chi connectivity index (χ2v) is 2.44. The van der Waals surface area contributed by atoms with Gasteiger partial charge >= 0.3 is 0 Å². The van der Waals surface area contributed by atoms with Gasteiger partial charge in [0, 0.05) is 11.5 Å². The highest BCUT2D eigenvalue weighted by Gasteiger charge is 2.01. The minimum Gasteiger partial charge on any atom is -0.351 e. The summed E-state index contributed by atoms with van der Waals surface area (Å²) in [6.45, 7) is 0. The maximum absolute atomic E-state index is 13.0. The molecule has 2 nitrogen and oxygen atoms in total. The van der Waals surface area contributed by atoms with Gasteiger partial charge in [0.05, 0.1) is 11.7 Å². The number of halogens is 1. The Morgan fingerprint density at radius 1 is 1.42 bits per heavy atom. The van der Waals surface area contributed by atoms with E-state index in [2.05, 4.69) is 11.2 Å². The van der Waals surface area contributed by atoms with Crippen LogP contribution in [0.3, 0.4) is 0 Å². The lowest BCUT2D eigenvalue weighted by molar-refractivity contribution is 0.636. The molecule has 59 valence electrons. The molecule has 0 bridgehead atoms. The molecule has 3 heteroatoms. The molecule has 1 aromatic carbocycles. The molecule has 0 atom stereocenters. The van der Waals surface area contributed by atoms with Crippen LogP contribution in [-0.2, 0) is 0 Å². The lowest BCUT2D eigenvalue weighted by Gasteiger charge is -1.95. The molecule has 0 aliphatic carbocycles. The zero-order valence-electron chi connectivity index (χ0n) is 6.10. The van der Waals surface area contributed by atoms with Crippen molar-refractivity contribution in [2.75, 3.05) is 0 Å². The maximum Gasteiger partial charge on any atom is 0.190 e. The van der Waals surface area contributed by atoms with Crippen LogP contribution in [0.15, 0.2) is 29.1 Å². The van der Waals surface area contributed by atoms with Crippen molar-refractivity contribution in [1.29, 1.82) is 0 Å². The first kappa shape index (κ1) is 7.03. The summed E-state index contributed by atoms with van der Waals surface area (Å²) in [7, 11) is 0. The van der Waals surface area contributed by atoms with Gasteiger partial charge in [0.15, 0.2) is 5.43 Å². The van der Waals surface area contributed by atoms with Crippen LogP contribution >= 0.6 is 0 Å². The van der Waals surface area contributed by atoms with Gasteiger partial charge in [0.25, 0.3) is 0 Å². The Balaban J connectivity index is 3.05. The van der Waals surface area contributed by atoms with E-state index in [4.69, 9.17) is 0 Å². The van der Waals surface area contributed by atoms with Crippen molar-refractivity contribution in [3.05, 3.63) is 46.5 Å². The lowest BCUT2D eigenvalue weighted by Crippen LogP contribution is -2.00. The first-order valence-corrected chi connectivity index (χ1v) is 3.46. The summed E-state index contributed by atoms with van der Waals surface area (Å²) in [6, 6.07) is 5.63. The number of nitrogens with one attached hydrogen (secondary N) is 1. The monoisotopic (exact) mass is 162 g/mol. The van der Waals surface area contributed by atoms with Crippen LogP contribution in [0, 0.1) is 12.0 Å². The molecule has 0 unspecified atom stereocenters. The zero-order valence-corrected chi connectivity index (χ0v) is 6.10. The van der Waals surface area contributed by atoms with E-state index in [9.17, 15) is 9.18 Å². The van der Waals surface area contributed by atoms with E-state index in [0.29, 0.717) is 5.39 Å². The summed E-state index contributed by atoms with van der Waals surface area (Å²) < 4.78 is 13.0. The number of fused-ring (bicyclic) bond motifs is 1. The smallest absolute Gasteiger partial charge is 0.190 e. The molecule has 0 saturated heterocycles. The lowest BCUT2D eigenvalue weighted by atomic mass is 10.2. The molecular formula is C9H5FNO. The zero-order chi connectivity index (χ0) is 8.55. The molecular weight excluding hydrogens is 157 g/mol. The van der Waals surface area contributed by atoms with E-state index in [0.717, 1.165) is 0 Å². The van der Waals surface area contributed by atoms with E-state index < -0.39 is 5.82 Å². The molecule has 2 aromatic rings. The minimum atomic E-state index is -0.429. The van der Waals surface area contributed by atoms with Gasteiger partial charge in [-0.05, 0) is 12.1 Å². The van der Waals surface area contributed by atoms with Gasteiger partial charge in [0.1, 0.15) is 5.82 Å². The van der Waals surface area contributed by atoms with Gasteiger partial charge in [-0.2, -0.15) is 0 Å². The average Bonchev–Trinajstić information content (AvgIpc) is 2.07.